The minimum absolute atomic E-state index is 1.03. The maximum atomic E-state index is 4.27. The third-order valence-corrected chi connectivity index (χ3v) is 2.99. The lowest BCUT2D eigenvalue weighted by Crippen LogP contribution is -2.09. The van der Waals surface area contributed by atoms with Crippen molar-refractivity contribution < 1.29 is 0 Å². The molecule has 0 saturated carbocycles. The predicted molar refractivity (Wildman–Crippen MR) is 52.9 cm³/mol. The average molecular weight is 183 g/mol. The van der Waals surface area contributed by atoms with Crippen molar-refractivity contribution in [1.29, 1.82) is 0 Å². The molecule has 1 aliphatic heterocycles. The van der Waals surface area contributed by atoms with E-state index in [0.717, 1.165) is 11.4 Å². The molecular weight excluding hydrogens is 174 g/mol. The van der Waals surface area contributed by atoms with Crippen LogP contribution in [-0.2, 0) is 0 Å². The third-order valence-electron chi connectivity index (χ3n) is 1.64. The second kappa shape index (κ2) is 2.99. The van der Waals surface area contributed by atoms with E-state index >= 15 is 0 Å². The van der Waals surface area contributed by atoms with Gasteiger partial charge in [-0.2, -0.15) is 0 Å². The van der Waals surface area contributed by atoms with Crippen molar-refractivity contribution in [3.63, 3.8) is 0 Å². The van der Waals surface area contributed by atoms with Crippen LogP contribution in [0.2, 0.25) is 0 Å². The van der Waals surface area contributed by atoms with Gasteiger partial charge in [-0.05, 0) is 18.2 Å². The van der Waals surface area contributed by atoms with Crippen LogP contribution in [0, 0.1) is 0 Å². The molecule has 0 spiro atoms. The summed E-state index contributed by atoms with van der Waals surface area (Å²) in [5.41, 5.74) is 1.23. The number of fused-ring (bicyclic) bond motifs is 1. The summed E-state index contributed by atoms with van der Waals surface area (Å²) in [7, 11) is 0. The smallest absolute Gasteiger partial charge is 0.0489 e. The lowest BCUT2D eigenvalue weighted by Gasteiger charge is -2.17. The minimum atomic E-state index is 1.03. The topological polar surface area (TPSA) is 12.0 Å². The first-order valence-corrected chi connectivity index (χ1v) is 4.99. The van der Waals surface area contributed by atoms with Crippen molar-refractivity contribution in [3.8, 4) is 0 Å². The van der Waals surface area contributed by atoms with E-state index in [0.29, 0.717) is 0 Å². The van der Waals surface area contributed by atoms with Gasteiger partial charge in [-0.25, -0.2) is 0 Å². The molecule has 0 radical (unpaired) electrons. The van der Waals surface area contributed by atoms with Crippen LogP contribution < -0.4 is 5.32 Å². The summed E-state index contributed by atoms with van der Waals surface area (Å²) >= 11 is 6.17. The van der Waals surface area contributed by atoms with Gasteiger partial charge in [0.2, 0.25) is 0 Å². The van der Waals surface area contributed by atoms with Crippen LogP contribution in [0.5, 0.6) is 0 Å². The first-order valence-electron chi connectivity index (χ1n) is 3.56. The molecule has 0 aliphatic carbocycles. The number of anilines is 1. The summed E-state index contributed by atoms with van der Waals surface area (Å²) in [5, 5.41) is 3.33. The van der Waals surface area contributed by atoms with Gasteiger partial charge in [-0.15, -0.1) is 24.4 Å². The van der Waals surface area contributed by atoms with E-state index in [2.05, 4.69) is 30.1 Å². The van der Waals surface area contributed by atoms with E-state index in [1.54, 1.807) is 0 Å². The van der Waals surface area contributed by atoms with Crippen LogP contribution in [0.4, 0.5) is 5.69 Å². The molecule has 1 aromatic carbocycles. The fourth-order valence-electron chi connectivity index (χ4n) is 1.13. The zero-order chi connectivity index (χ0) is 7.68. The quantitative estimate of drug-likeness (QED) is 0.599. The molecule has 3 heteroatoms. The van der Waals surface area contributed by atoms with Crippen LogP contribution in [-0.4, -0.2) is 12.3 Å². The molecule has 11 heavy (non-hydrogen) atoms. The lowest BCUT2D eigenvalue weighted by molar-refractivity contribution is 1.15. The van der Waals surface area contributed by atoms with Gasteiger partial charge >= 0.3 is 0 Å². The standard InChI is InChI=1S/C8H9NS2/c10-6-1-2-8-7(5-6)9-3-4-11-8/h1-2,5,9-10H,3-4H2. The Morgan fingerprint density at radius 2 is 2.36 bits per heavy atom. The summed E-state index contributed by atoms with van der Waals surface area (Å²) < 4.78 is 0. The molecule has 0 fully saturated rings. The number of rotatable bonds is 0. The van der Waals surface area contributed by atoms with E-state index in [-0.39, 0.29) is 0 Å². The Morgan fingerprint density at radius 1 is 1.45 bits per heavy atom. The second-order valence-corrected chi connectivity index (χ2v) is 4.11. The highest BCUT2D eigenvalue weighted by Crippen LogP contribution is 2.31. The van der Waals surface area contributed by atoms with Crippen molar-refractivity contribution >= 4 is 30.1 Å². The van der Waals surface area contributed by atoms with Gasteiger partial charge in [0, 0.05) is 27.8 Å². The summed E-state index contributed by atoms with van der Waals surface area (Å²) in [4.78, 5) is 2.37. The Labute approximate surface area is 76.0 Å². The van der Waals surface area contributed by atoms with Crippen LogP contribution in [0.3, 0.4) is 0 Å². The van der Waals surface area contributed by atoms with E-state index in [9.17, 15) is 0 Å². The molecule has 0 unspecified atom stereocenters. The summed E-state index contributed by atoms with van der Waals surface area (Å²) in [6.07, 6.45) is 0. The van der Waals surface area contributed by atoms with Crippen LogP contribution in [0.1, 0.15) is 0 Å². The lowest BCUT2D eigenvalue weighted by atomic mass is 10.3. The largest absolute Gasteiger partial charge is 0.383 e. The Kier molecular flexibility index (Phi) is 2.00. The molecule has 2 rings (SSSR count). The molecule has 0 bridgehead atoms. The minimum Gasteiger partial charge on any atom is -0.383 e. The zero-order valence-electron chi connectivity index (χ0n) is 6.00. The van der Waals surface area contributed by atoms with E-state index in [1.165, 1.54) is 16.3 Å². The maximum Gasteiger partial charge on any atom is 0.0489 e. The number of thiol groups is 1. The van der Waals surface area contributed by atoms with Crippen LogP contribution in [0.15, 0.2) is 28.0 Å². The number of thioether (sulfide) groups is 1. The fraction of sp³-hybridized carbons (Fsp3) is 0.250. The molecule has 0 aromatic heterocycles. The first-order chi connectivity index (χ1) is 5.36. The molecule has 1 aliphatic rings. The van der Waals surface area contributed by atoms with Gasteiger partial charge in [-0.3, -0.25) is 0 Å². The third kappa shape index (κ3) is 1.49. The van der Waals surface area contributed by atoms with Crippen molar-refractivity contribution in [2.45, 2.75) is 9.79 Å². The molecule has 0 saturated heterocycles. The molecule has 1 heterocycles. The highest BCUT2D eigenvalue weighted by molar-refractivity contribution is 7.99. The van der Waals surface area contributed by atoms with Crippen LogP contribution >= 0.6 is 24.4 Å². The summed E-state index contributed by atoms with van der Waals surface area (Å²) in [6.45, 7) is 1.06. The van der Waals surface area contributed by atoms with Gasteiger partial charge in [0.05, 0.1) is 0 Å². The second-order valence-electron chi connectivity index (χ2n) is 2.46. The van der Waals surface area contributed by atoms with E-state index < -0.39 is 0 Å². The predicted octanol–water partition coefficient (Wildman–Crippen LogP) is 2.49. The molecule has 1 N–H and O–H groups in total. The fourth-order valence-corrected chi connectivity index (χ4v) is 2.21. The van der Waals surface area contributed by atoms with Crippen molar-refractivity contribution in [3.05, 3.63) is 18.2 Å². The maximum absolute atomic E-state index is 4.27. The summed E-state index contributed by atoms with van der Waals surface area (Å²) in [5.74, 6) is 1.17. The van der Waals surface area contributed by atoms with E-state index in [1.807, 2.05) is 17.8 Å². The van der Waals surface area contributed by atoms with E-state index in [4.69, 9.17) is 0 Å². The van der Waals surface area contributed by atoms with Crippen molar-refractivity contribution in [2.75, 3.05) is 17.6 Å². The van der Waals surface area contributed by atoms with Crippen molar-refractivity contribution in [2.24, 2.45) is 0 Å². The molecule has 1 nitrogen and oxygen atoms in total. The van der Waals surface area contributed by atoms with Gasteiger partial charge < -0.3 is 5.32 Å². The normalized spacial score (nSPS) is 15.4. The van der Waals surface area contributed by atoms with Gasteiger partial charge in [0.25, 0.3) is 0 Å². The van der Waals surface area contributed by atoms with Gasteiger partial charge in [0.1, 0.15) is 0 Å². The Morgan fingerprint density at radius 3 is 3.27 bits per heavy atom. The van der Waals surface area contributed by atoms with Gasteiger partial charge in [-0.1, -0.05) is 0 Å². The molecular formula is C8H9NS2. The Hall–Kier alpha value is -0.280. The number of hydrogen-bond donors (Lipinski definition) is 2. The zero-order valence-corrected chi connectivity index (χ0v) is 7.71. The Bertz CT molecular complexity index is 273. The molecule has 0 amide bonds. The van der Waals surface area contributed by atoms with Crippen molar-refractivity contribution in [1.82, 2.24) is 0 Å². The molecule has 58 valence electrons. The average Bonchev–Trinajstić information content (AvgIpc) is 2.04. The monoisotopic (exact) mass is 183 g/mol. The number of nitrogens with one attached hydrogen (secondary N) is 1. The number of benzene rings is 1. The number of hydrogen-bond acceptors (Lipinski definition) is 3. The highest BCUT2D eigenvalue weighted by Gasteiger charge is 2.07. The first kappa shape index (κ1) is 7.37. The Balaban J connectivity index is 2.43. The highest BCUT2D eigenvalue weighted by atomic mass is 32.2. The summed E-state index contributed by atoms with van der Waals surface area (Å²) in [6, 6.07) is 6.22. The van der Waals surface area contributed by atoms with Gasteiger partial charge in [0.15, 0.2) is 0 Å². The molecule has 0 atom stereocenters. The SMILES string of the molecule is Sc1ccc2c(c1)NCCS2. The molecule has 1 aromatic rings. The van der Waals surface area contributed by atoms with Crippen LogP contribution in [0.25, 0.3) is 0 Å².